The number of rotatable bonds is 5. The largest absolute Gasteiger partial charge is 0.407 e. The van der Waals surface area contributed by atoms with Crippen LogP contribution < -0.4 is 10.2 Å². The maximum absolute atomic E-state index is 13.0. The van der Waals surface area contributed by atoms with Gasteiger partial charge in [0.1, 0.15) is 17.0 Å². The van der Waals surface area contributed by atoms with Crippen LogP contribution in [0, 0.1) is 6.92 Å². The summed E-state index contributed by atoms with van der Waals surface area (Å²) >= 11 is 6.26. The third kappa shape index (κ3) is 3.98. The normalized spacial score (nSPS) is 15.8. The molecule has 0 spiro atoms. The second-order valence-corrected chi connectivity index (χ2v) is 7.99. The Labute approximate surface area is 193 Å². The fraction of sp³-hybridized carbons (Fsp3) is 0.174. The van der Waals surface area contributed by atoms with Gasteiger partial charge in [0.15, 0.2) is 0 Å². The summed E-state index contributed by atoms with van der Waals surface area (Å²) in [6.45, 7) is 2.05. The van der Waals surface area contributed by atoms with E-state index in [1.54, 1.807) is 36.1 Å². The lowest BCUT2D eigenvalue weighted by atomic mass is 10.1. The van der Waals surface area contributed by atoms with Gasteiger partial charge in [-0.05, 0) is 25.1 Å². The lowest BCUT2D eigenvalue weighted by Crippen LogP contribution is -2.24. The number of amides is 2. The zero-order valence-corrected chi connectivity index (χ0v) is 18.2. The van der Waals surface area contributed by atoms with E-state index in [1.807, 2.05) is 30.3 Å². The van der Waals surface area contributed by atoms with Gasteiger partial charge in [0.2, 0.25) is 11.8 Å². The highest BCUT2D eigenvalue weighted by molar-refractivity contribution is 6.33. The standard InChI is InChI=1S/C23H18ClN5O4/c1-13-19(20(28-33-13)16-9-5-6-10-17(16)24)21(31)25-23-27-26-22(32-23)14-11-18(30)29(12-14)15-7-3-2-4-8-15/h2-10,14H,11-12H2,1H3,(H,25,27,31)/t14-/m1/s1. The topological polar surface area (TPSA) is 114 Å². The van der Waals surface area contributed by atoms with Gasteiger partial charge in [0, 0.05) is 24.2 Å². The predicted octanol–water partition coefficient (Wildman–Crippen LogP) is 4.46. The van der Waals surface area contributed by atoms with Gasteiger partial charge >= 0.3 is 6.01 Å². The zero-order valence-electron chi connectivity index (χ0n) is 17.5. The van der Waals surface area contributed by atoms with Crippen LogP contribution in [0.1, 0.15) is 34.3 Å². The van der Waals surface area contributed by atoms with E-state index in [-0.39, 0.29) is 35.7 Å². The van der Waals surface area contributed by atoms with Crippen LogP contribution in [0.4, 0.5) is 11.7 Å². The Kier molecular flexibility index (Phi) is 5.39. The summed E-state index contributed by atoms with van der Waals surface area (Å²) in [5.74, 6) is -0.217. The number of nitrogens with one attached hydrogen (secondary N) is 1. The number of aromatic nitrogens is 3. The Hall–Kier alpha value is -3.98. The van der Waals surface area contributed by atoms with Crippen LogP contribution in [-0.4, -0.2) is 33.7 Å². The summed E-state index contributed by atoms with van der Waals surface area (Å²) < 4.78 is 10.9. The van der Waals surface area contributed by atoms with Crippen molar-refractivity contribution in [3.05, 3.63) is 76.8 Å². The monoisotopic (exact) mass is 463 g/mol. The summed E-state index contributed by atoms with van der Waals surface area (Å²) in [7, 11) is 0. The SMILES string of the molecule is Cc1onc(-c2ccccc2Cl)c1C(=O)Nc1nnc([C@@H]2CC(=O)N(c3ccccc3)C2)o1. The van der Waals surface area contributed by atoms with E-state index in [4.69, 9.17) is 20.5 Å². The summed E-state index contributed by atoms with van der Waals surface area (Å²) in [5, 5.41) is 15.0. The van der Waals surface area contributed by atoms with E-state index in [0.29, 0.717) is 28.6 Å². The number of nitrogens with zero attached hydrogens (tertiary/aromatic N) is 4. The first-order chi connectivity index (χ1) is 16.0. The molecule has 166 valence electrons. The summed E-state index contributed by atoms with van der Waals surface area (Å²) in [5.41, 5.74) is 1.91. The molecule has 0 radical (unpaired) electrons. The van der Waals surface area contributed by atoms with E-state index in [2.05, 4.69) is 20.7 Å². The maximum Gasteiger partial charge on any atom is 0.322 e. The second-order valence-electron chi connectivity index (χ2n) is 7.58. The van der Waals surface area contributed by atoms with E-state index in [0.717, 1.165) is 5.69 Å². The Morgan fingerprint density at radius 3 is 2.67 bits per heavy atom. The molecule has 0 bridgehead atoms. The average Bonchev–Trinajstić information content (AvgIpc) is 3.53. The number of carbonyl (C=O) groups excluding carboxylic acids is 2. The number of hydrogen-bond acceptors (Lipinski definition) is 7. The molecule has 4 aromatic rings. The van der Waals surface area contributed by atoms with Crippen molar-refractivity contribution in [2.45, 2.75) is 19.3 Å². The molecular formula is C23H18ClN5O4. The smallest absolute Gasteiger partial charge is 0.322 e. The molecule has 1 aliphatic heterocycles. The van der Waals surface area contributed by atoms with E-state index in [9.17, 15) is 9.59 Å². The van der Waals surface area contributed by atoms with E-state index >= 15 is 0 Å². The number of hydrogen-bond donors (Lipinski definition) is 1. The molecule has 9 nitrogen and oxygen atoms in total. The van der Waals surface area contributed by atoms with Crippen molar-refractivity contribution in [3.63, 3.8) is 0 Å². The number of aryl methyl sites for hydroxylation is 1. The Morgan fingerprint density at radius 2 is 1.88 bits per heavy atom. The Bertz CT molecular complexity index is 1330. The van der Waals surface area contributed by atoms with Gasteiger partial charge in [0.25, 0.3) is 5.91 Å². The summed E-state index contributed by atoms with van der Waals surface area (Å²) in [6.07, 6.45) is 0.242. The molecule has 1 atom stereocenters. The molecule has 3 heterocycles. The number of anilines is 2. The predicted molar refractivity (Wildman–Crippen MR) is 120 cm³/mol. The average molecular weight is 464 g/mol. The van der Waals surface area contributed by atoms with Crippen molar-refractivity contribution in [1.82, 2.24) is 15.4 Å². The van der Waals surface area contributed by atoms with Gasteiger partial charge in [-0.25, -0.2) is 0 Å². The molecule has 1 saturated heterocycles. The number of carbonyl (C=O) groups is 2. The highest BCUT2D eigenvalue weighted by Gasteiger charge is 2.35. The van der Waals surface area contributed by atoms with Crippen molar-refractivity contribution < 1.29 is 18.5 Å². The fourth-order valence-electron chi connectivity index (χ4n) is 3.82. The van der Waals surface area contributed by atoms with Crippen molar-refractivity contribution in [2.24, 2.45) is 0 Å². The van der Waals surface area contributed by atoms with Gasteiger partial charge in [-0.2, -0.15) is 0 Å². The maximum atomic E-state index is 13.0. The van der Waals surface area contributed by atoms with Crippen molar-refractivity contribution >= 4 is 35.1 Å². The molecule has 33 heavy (non-hydrogen) atoms. The molecule has 1 aliphatic rings. The van der Waals surface area contributed by atoms with Gasteiger partial charge in [-0.3, -0.25) is 14.9 Å². The van der Waals surface area contributed by atoms with Crippen LogP contribution in [0.5, 0.6) is 0 Å². The molecule has 2 aromatic carbocycles. The summed E-state index contributed by atoms with van der Waals surface area (Å²) in [6, 6.07) is 16.3. The van der Waals surface area contributed by atoms with Crippen LogP contribution in [0.3, 0.4) is 0 Å². The molecule has 2 aromatic heterocycles. The lowest BCUT2D eigenvalue weighted by molar-refractivity contribution is -0.117. The molecule has 0 aliphatic carbocycles. The van der Waals surface area contributed by atoms with Crippen molar-refractivity contribution in [2.75, 3.05) is 16.8 Å². The third-order valence-corrected chi connectivity index (χ3v) is 5.75. The van der Waals surface area contributed by atoms with Gasteiger partial charge in [-0.1, -0.05) is 58.3 Å². The minimum Gasteiger partial charge on any atom is -0.407 e. The van der Waals surface area contributed by atoms with Crippen LogP contribution in [0.25, 0.3) is 11.3 Å². The molecule has 0 saturated carbocycles. The number of halogens is 1. The lowest BCUT2D eigenvalue weighted by Gasteiger charge is -2.15. The minimum absolute atomic E-state index is 0.0283. The highest BCUT2D eigenvalue weighted by Crippen LogP contribution is 2.33. The first kappa shape index (κ1) is 20.9. The Morgan fingerprint density at radius 1 is 1.12 bits per heavy atom. The third-order valence-electron chi connectivity index (χ3n) is 5.42. The van der Waals surface area contributed by atoms with Crippen LogP contribution >= 0.6 is 11.6 Å². The zero-order chi connectivity index (χ0) is 22.9. The van der Waals surface area contributed by atoms with Gasteiger partial charge in [0.05, 0.1) is 10.9 Å². The number of para-hydroxylation sites is 1. The Balaban J connectivity index is 1.33. The molecule has 5 rings (SSSR count). The van der Waals surface area contributed by atoms with Gasteiger partial charge in [-0.15, -0.1) is 5.10 Å². The fourth-order valence-corrected chi connectivity index (χ4v) is 4.04. The van der Waals surface area contributed by atoms with E-state index < -0.39 is 5.91 Å². The quantitative estimate of drug-likeness (QED) is 0.464. The molecule has 0 unspecified atom stereocenters. The second kappa shape index (κ2) is 8.51. The highest BCUT2D eigenvalue weighted by atomic mass is 35.5. The van der Waals surface area contributed by atoms with Crippen LogP contribution in [0.15, 0.2) is 63.5 Å². The molecule has 1 fully saturated rings. The first-order valence-electron chi connectivity index (χ1n) is 10.2. The van der Waals surface area contributed by atoms with Crippen molar-refractivity contribution in [1.29, 1.82) is 0 Å². The van der Waals surface area contributed by atoms with Gasteiger partial charge < -0.3 is 13.8 Å². The number of benzene rings is 2. The molecule has 1 N–H and O–H groups in total. The summed E-state index contributed by atoms with van der Waals surface area (Å²) in [4.78, 5) is 27.1. The molecule has 2 amide bonds. The molecular weight excluding hydrogens is 446 g/mol. The van der Waals surface area contributed by atoms with Crippen LogP contribution in [-0.2, 0) is 4.79 Å². The molecule has 10 heteroatoms. The van der Waals surface area contributed by atoms with Crippen molar-refractivity contribution in [3.8, 4) is 11.3 Å². The van der Waals surface area contributed by atoms with E-state index in [1.165, 1.54) is 0 Å². The van der Waals surface area contributed by atoms with Crippen LogP contribution in [0.2, 0.25) is 5.02 Å². The first-order valence-corrected chi connectivity index (χ1v) is 10.6. The minimum atomic E-state index is -0.521.